The van der Waals surface area contributed by atoms with Gasteiger partial charge in [0.25, 0.3) is 5.91 Å². The Morgan fingerprint density at radius 1 is 1.07 bits per heavy atom. The number of imide groups is 1. The molecule has 2 aromatic rings. The van der Waals surface area contributed by atoms with Gasteiger partial charge in [-0.3, -0.25) is 15.0 Å². The van der Waals surface area contributed by atoms with Crippen LogP contribution in [0.1, 0.15) is 10.4 Å². The van der Waals surface area contributed by atoms with Crippen molar-refractivity contribution in [3.63, 3.8) is 0 Å². The maximum absolute atomic E-state index is 14.3. The number of amides is 3. The lowest BCUT2D eigenvalue weighted by Gasteiger charge is -2.22. The molecular weight excluding hydrogens is 426 g/mol. The number of nitrogens with one attached hydrogen (secondary N) is 1. The molecule has 3 amide bonds. The Morgan fingerprint density at radius 2 is 1.69 bits per heavy atom. The highest BCUT2D eigenvalue weighted by Crippen LogP contribution is 2.38. The summed E-state index contributed by atoms with van der Waals surface area (Å²) in [6, 6.07) is 3.62. The van der Waals surface area contributed by atoms with Crippen LogP contribution < -0.4 is 10.2 Å². The summed E-state index contributed by atoms with van der Waals surface area (Å²) in [5.74, 6) is -5.10. The zero-order chi connectivity index (χ0) is 21.8. The highest BCUT2D eigenvalue weighted by molar-refractivity contribution is 8.00. The molecule has 0 aliphatic carbocycles. The van der Waals surface area contributed by atoms with Crippen LogP contribution in [0.4, 0.5) is 36.8 Å². The summed E-state index contributed by atoms with van der Waals surface area (Å²) < 4.78 is 83.5. The first kappa shape index (κ1) is 22.6. The van der Waals surface area contributed by atoms with Crippen molar-refractivity contribution in [3.8, 4) is 0 Å². The Kier molecular flexibility index (Phi) is 7.14. The molecule has 29 heavy (non-hydrogen) atoms. The van der Waals surface area contributed by atoms with E-state index in [4.69, 9.17) is 4.74 Å². The molecular formula is C17H12F6N2O3S. The first-order valence-electron chi connectivity index (χ1n) is 7.64. The van der Waals surface area contributed by atoms with Gasteiger partial charge >= 0.3 is 11.5 Å². The van der Waals surface area contributed by atoms with Gasteiger partial charge in [0.2, 0.25) is 0 Å². The number of hydrogen-bond acceptors (Lipinski definition) is 4. The van der Waals surface area contributed by atoms with Crippen LogP contribution in [-0.4, -0.2) is 31.3 Å². The molecule has 12 heteroatoms. The lowest BCUT2D eigenvalue weighted by atomic mass is 10.2. The zero-order valence-electron chi connectivity index (χ0n) is 14.5. The number of alkyl halides is 3. The van der Waals surface area contributed by atoms with E-state index in [9.17, 15) is 35.9 Å². The van der Waals surface area contributed by atoms with Gasteiger partial charge in [-0.1, -0.05) is 6.07 Å². The SMILES string of the molecule is COCN(C(=O)NC(=O)c1c(F)cccc1F)c1ccc(SC(F)(F)F)cc1F. The van der Waals surface area contributed by atoms with E-state index in [0.717, 1.165) is 37.4 Å². The molecule has 0 aliphatic heterocycles. The summed E-state index contributed by atoms with van der Waals surface area (Å²) in [6.07, 6.45) is 0. The average Bonchev–Trinajstić information content (AvgIpc) is 2.58. The van der Waals surface area contributed by atoms with Crippen molar-refractivity contribution in [1.82, 2.24) is 5.32 Å². The monoisotopic (exact) mass is 438 g/mol. The van der Waals surface area contributed by atoms with Gasteiger partial charge in [-0.15, -0.1) is 0 Å². The number of ether oxygens (including phenoxy) is 1. The molecule has 0 unspecified atom stereocenters. The third kappa shape index (κ3) is 5.87. The largest absolute Gasteiger partial charge is 0.446 e. The van der Waals surface area contributed by atoms with E-state index in [2.05, 4.69) is 0 Å². The van der Waals surface area contributed by atoms with Crippen molar-refractivity contribution < 1.29 is 40.7 Å². The molecule has 0 radical (unpaired) electrons. The average molecular weight is 438 g/mol. The third-order valence-corrected chi connectivity index (χ3v) is 4.08. The molecule has 0 saturated carbocycles. The molecule has 0 atom stereocenters. The Labute approximate surface area is 164 Å². The van der Waals surface area contributed by atoms with Gasteiger partial charge in [0, 0.05) is 12.0 Å². The molecule has 156 valence electrons. The van der Waals surface area contributed by atoms with Gasteiger partial charge in [0.05, 0.1) is 5.69 Å². The Hall–Kier alpha value is -2.73. The lowest BCUT2D eigenvalue weighted by Crippen LogP contribution is -2.44. The number of halogens is 6. The van der Waals surface area contributed by atoms with E-state index < -0.39 is 69.5 Å². The Bertz CT molecular complexity index is 902. The number of thioether (sulfide) groups is 1. The summed E-state index contributed by atoms with van der Waals surface area (Å²) >= 11 is -0.560. The number of anilines is 1. The van der Waals surface area contributed by atoms with E-state index in [0.29, 0.717) is 11.0 Å². The number of hydrogen-bond donors (Lipinski definition) is 1. The van der Waals surface area contributed by atoms with E-state index in [1.165, 1.54) is 0 Å². The quantitative estimate of drug-likeness (QED) is 0.419. The first-order chi connectivity index (χ1) is 13.5. The number of carbonyl (C=O) groups is 2. The fourth-order valence-electron chi connectivity index (χ4n) is 2.21. The van der Waals surface area contributed by atoms with E-state index in [1.54, 1.807) is 5.32 Å². The molecule has 0 aromatic heterocycles. The summed E-state index contributed by atoms with van der Waals surface area (Å²) in [5.41, 5.74) is -6.19. The minimum atomic E-state index is -4.65. The van der Waals surface area contributed by atoms with Gasteiger partial charge in [-0.2, -0.15) is 13.2 Å². The van der Waals surface area contributed by atoms with Crippen LogP contribution in [0.25, 0.3) is 0 Å². The Balaban J connectivity index is 2.27. The Morgan fingerprint density at radius 3 is 2.21 bits per heavy atom. The summed E-state index contributed by atoms with van der Waals surface area (Å²) in [6.45, 7) is -0.610. The van der Waals surface area contributed by atoms with Gasteiger partial charge in [0.1, 0.15) is 29.7 Å². The van der Waals surface area contributed by atoms with E-state index in [1.807, 2.05) is 0 Å². The molecule has 5 nitrogen and oxygen atoms in total. The highest BCUT2D eigenvalue weighted by atomic mass is 32.2. The maximum atomic E-state index is 14.3. The van der Waals surface area contributed by atoms with Gasteiger partial charge in [-0.25, -0.2) is 18.0 Å². The van der Waals surface area contributed by atoms with Crippen LogP contribution in [-0.2, 0) is 4.74 Å². The maximum Gasteiger partial charge on any atom is 0.446 e. The van der Waals surface area contributed by atoms with Crippen LogP contribution in [0, 0.1) is 17.5 Å². The van der Waals surface area contributed by atoms with Crippen molar-refractivity contribution in [1.29, 1.82) is 0 Å². The van der Waals surface area contributed by atoms with Crippen LogP contribution in [0.15, 0.2) is 41.3 Å². The number of benzene rings is 2. The number of nitrogens with zero attached hydrogens (tertiary/aromatic N) is 1. The van der Waals surface area contributed by atoms with Crippen LogP contribution in [0.3, 0.4) is 0 Å². The summed E-state index contributed by atoms with van der Waals surface area (Å²) in [4.78, 5) is 24.4. The van der Waals surface area contributed by atoms with Crippen LogP contribution >= 0.6 is 11.8 Å². The fraction of sp³-hybridized carbons (Fsp3) is 0.176. The van der Waals surface area contributed by atoms with Gasteiger partial charge < -0.3 is 4.74 Å². The number of urea groups is 1. The minimum Gasteiger partial charge on any atom is -0.364 e. The highest BCUT2D eigenvalue weighted by Gasteiger charge is 2.30. The minimum absolute atomic E-state index is 0.471. The number of rotatable bonds is 5. The van der Waals surface area contributed by atoms with Crippen LogP contribution in [0.5, 0.6) is 0 Å². The van der Waals surface area contributed by atoms with Crippen molar-refractivity contribution in [2.24, 2.45) is 0 Å². The van der Waals surface area contributed by atoms with Crippen LogP contribution in [0.2, 0.25) is 0 Å². The van der Waals surface area contributed by atoms with Crippen molar-refractivity contribution in [2.75, 3.05) is 18.7 Å². The smallest absolute Gasteiger partial charge is 0.364 e. The molecule has 0 spiro atoms. The van der Waals surface area contributed by atoms with Crippen molar-refractivity contribution >= 4 is 29.4 Å². The molecule has 0 heterocycles. The molecule has 0 saturated heterocycles. The van der Waals surface area contributed by atoms with E-state index >= 15 is 0 Å². The van der Waals surface area contributed by atoms with E-state index in [-0.39, 0.29) is 0 Å². The van der Waals surface area contributed by atoms with Crippen molar-refractivity contribution in [2.45, 2.75) is 10.4 Å². The predicted molar refractivity (Wildman–Crippen MR) is 91.9 cm³/mol. The number of carbonyl (C=O) groups excluding carboxylic acids is 2. The second-order valence-electron chi connectivity index (χ2n) is 5.36. The third-order valence-electron chi connectivity index (χ3n) is 3.36. The second-order valence-corrected chi connectivity index (χ2v) is 6.50. The van der Waals surface area contributed by atoms with Gasteiger partial charge in [-0.05, 0) is 42.1 Å². The summed E-state index contributed by atoms with van der Waals surface area (Å²) in [5, 5.41) is 1.68. The summed E-state index contributed by atoms with van der Waals surface area (Å²) in [7, 11) is 1.13. The molecule has 0 bridgehead atoms. The van der Waals surface area contributed by atoms with Gasteiger partial charge in [0.15, 0.2) is 0 Å². The van der Waals surface area contributed by atoms with Crippen molar-refractivity contribution in [3.05, 3.63) is 59.4 Å². The second kappa shape index (κ2) is 9.18. The first-order valence-corrected chi connectivity index (χ1v) is 8.46. The predicted octanol–water partition coefficient (Wildman–Crippen LogP) is 4.68. The molecule has 0 aliphatic rings. The zero-order valence-corrected chi connectivity index (χ0v) is 15.3. The standard InChI is InChI=1S/C17H12F6N2O3S/c1-28-8-25(13-6-5-9(7-12(13)20)29-17(21,22)23)16(27)24-15(26)14-10(18)3-2-4-11(14)19/h2-7H,8H2,1H3,(H,24,26,27). The molecule has 1 N–H and O–H groups in total. The molecule has 0 fully saturated rings. The fourth-order valence-corrected chi connectivity index (χ4v) is 2.78. The molecule has 2 aromatic carbocycles. The topological polar surface area (TPSA) is 58.6 Å². The normalized spacial score (nSPS) is 11.3. The molecule has 2 rings (SSSR count). The number of methoxy groups -OCH3 is 1. The lowest BCUT2D eigenvalue weighted by molar-refractivity contribution is -0.0328.